The number of halogens is 2. The lowest BCUT2D eigenvalue weighted by atomic mass is 10.4. The third-order valence-corrected chi connectivity index (χ3v) is 3.56. The molecule has 1 heterocycles. The molecule has 0 bridgehead atoms. The van der Waals surface area contributed by atoms with E-state index < -0.39 is 0 Å². The van der Waals surface area contributed by atoms with E-state index in [-0.39, 0.29) is 0 Å². The Balaban J connectivity index is 1.86. The van der Waals surface area contributed by atoms with Crippen LogP contribution in [-0.2, 0) is 20.8 Å². The quantitative estimate of drug-likeness (QED) is 0.493. The molecular weight excluding hydrogens is 392 g/mol. The third-order valence-electron chi connectivity index (χ3n) is 2.53. The van der Waals surface area contributed by atoms with Crippen molar-refractivity contribution in [1.29, 1.82) is 0 Å². The van der Waals surface area contributed by atoms with Gasteiger partial charge in [-0.2, -0.15) is 5.10 Å². The summed E-state index contributed by atoms with van der Waals surface area (Å²) in [6.45, 7) is 6.78. The van der Waals surface area contributed by atoms with Gasteiger partial charge in [0.2, 0.25) is 0 Å². The van der Waals surface area contributed by atoms with Gasteiger partial charge in [0.15, 0.2) is 0 Å². The van der Waals surface area contributed by atoms with Gasteiger partial charge in [0.1, 0.15) is 9.21 Å². The summed E-state index contributed by atoms with van der Waals surface area (Å²) in [5.41, 5.74) is 0. The van der Waals surface area contributed by atoms with Crippen molar-refractivity contribution in [2.45, 2.75) is 26.3 Å². The summed E-state index contributed by atoms with van der Waals surface area (Å²) in [6, 6.07) is 1.90. The maximum Gasteiger partial charge on any atom is 0.129 e. The van der Waals surface area contributed by atoms with Crippen molar-refractivity contribution < 1.29 is 14.2 Å². The third kappa shape index (κ3) is 8.36. The Morgan fingerprint density at radius 1 is 1.00 bits per heavy atom. The molecule has 0 atom stereocenters. The molecule has 0 aliphatic heterocycles. The van der Waals surface area contributed by atoms with Gasteiger partial charge in [-0.25, -0.2) is 0 Å². The highest BCUT2D eigenvalue weighted by Crippen LogP contribution is 2.15. The Morgan fingerprint density at radius 2 is 1.60 bits per heavy atom. The number of unbranched alkanes of at least 4 members (excludes halogenated alkanes) is 1. The van der Waals surface area contributed by atoms with Crippen molar-refractivity contribution in [2.75, 3.05) is 39.6 Å². The highest BCUT2D eigenvalue weighted by molar-refractivity contribution is 9.11. The van der Waals surface area contributed by atoms with E-state index in [2.05, 4.69) is 43.9 Å². The summed E-state index contributed by atoms with van der Waals surface area (Å²) in [5, 5.41) is 4.25. The SMILES string of the molecule is CCCCOCCOCCOCCn1nc(Br)cc1Br. The summed E-state index contributed by atoms with van der Waals surface area (Å²) in [5.74, 6) is 0. The Bertz CT molecular complexity index is 361. The largest absolute Gasteiger partial charge is 0.379 e. The van der Waals surface area contributed by atoms with Crippen LogP contribution in [0.4, 0.5) is 0 Å². The molecule has 1 aromatic heterocycles. The Labute approximate surface area is 137 Å². The smallest absolute Gasteiger partial charge is 0.129 e. The van der Waals surface area contributed by atoms with Gasteiger partial charge in [0.05, 0.1) is 39.6 Å². The Morgan fingerprint density at radius 3 is 2.15 bits per heavy atom. The molecule has 0 unspecified atom stereocenters. The highest BCUT2D eigenvalue weighted by Gasteiger charge is 2.02. The zero-order valence-electron chi connectivity index (χ0n) is 11.8. The van der Waals surface area contributed by atoms with E-state index >= 15 is 0 Å². The van der Waals surface area contributed by atoms with Crippen LogP contribution in [0.15, 0.2) is 15.3 Å². The summed E-state index contributed by atoms with van der Waals surface area (Å²) >= 11 is 6.74. The van der Waals surface area contributed by atoms with Gasteiger partial charge < -0.3 is 14.2 Å². The lowest BCUT2D eigenvalue weighted by Crippen LogP contribution is -2.13. The minimum absolute atomic E-state index is 0.592. The first-order valence-electron chi connectivity index (χ1n) is 6.86. The van der Waals surface area contributed by atoms with E-state index in [1.807, 2.05) is 10.7 Å². The highest BCUT2D eigenvalue weighted by atomic mass is 79.9. The van der Waals surface area contributed by atoms with Gasteiger partial charge in [0, 0.05) is 12.7 Å². The molecule has 0 N–H and O–H groups in total. The van der Waals surface area contributed by atoms with Gasteiger partial charge in [-0.3, -0.25) is 4.68 Å². The van der Waals surface area contributed by atoms with Crippen molar-refractivity contribution in [3.63, 3.8) is 0 Å². The van der Waals surface area contributed by atoms with Crippen LogP contribution < -0.4 is 0 Å². The summed E-state index contributed by atoms with van der Waals surface area (Å²) in [6.07, 6.45) is 2.28. The molecule has 0 saturated carbocycles. The lowest BCUT2D eigenvalue weighted by Gasteiger charge is -2.07. The average molecular weight is 414 g/mol. The first-order valence-corrected chi connectivity index (χ1v) is 8.44. The topological polar surface area (TPSA) is 45.5 Å². The normalized spacial score (nSPS) is 11.2. The van der Waals surface area contributed by atoms with Gasteiger partial charge in [-0.15, -0.1) is 0 Å². The molecular formula is C13H22Br2N2O3. The first kappa shape index (κ1) is 18.1. The van der Waals surface area contributed by atoms with Crippen LogP contribution in [0.25, 0.3) is 0 Å². The number of hydrogen-bond donors (Lipinski definition) is 0. The molecule has 0 fully saturated rings. The van der Waals surface area contributed by atoms with Crippen molar-refractivity contribution >= 4 is 31.9 Å². The van der Waals surface area contributed by atoms with E-state index in [0.717, 1.165) is 28.7 Å². The van der Waals surface area contributed by atoms with Gasteiger partial charge >= 0.3 is 0 Å². The van der Waals surface area contributed by atoms with Crippen molar-refractivity contribution in [2.24, 2.45) is 0 Å². The fourth-order valence-corrected chi connectivity index (χ4v) is 2.65. The van der Waals surface area contributed by atoms with Crippen molar-refractivity contribution in [3.05, 3.63) is 15.3 Å². The predicted molar refractivity (Wildman–Crippen MR) is 85.0 cm³/mol. The molecule has 0 spiro atoms. The molecule has 116 valence electrons. The molecule has 20 heavy (non-hydrogen) atoms. The number of ether oxygens (including phenoxy) is 3. The first-order chi connectivity index (χ1) is 9.74. The van der Waals surface area contributed by atoms with Crippen LogP contribution in [0.5, 0.6) is 0 Å². The minimum atomic E-state index is 0.592. The van der Waals surface area contributed by atoms with Gasteiger partial charge in [-0.1, -0.05) is 13.3 Å². The molecule has 0 aromatic carbocycles. The maximum atomic E-state index is 5.48. The van der Waals surface area contributed by atoms with E-state index in [0.29, 0.717) is 39.6 Å². The standard InChI is InChI=1S/C13H22Br2N2O3/c1-2-3-5-18-7-9-20-10-8-19-6-4-17-13(15)11-12(14)16-17/h11H,2-10H2,1H3. The molecule has 7 heteroatoms. The number of aromatic nitrogens is 2. The average Bonchev–Trinajstić information content (AvgIpc) is 2.74. The molecule has 0 saturated heterocycles. The summed E-state index contributed by atoms with van der Waals surface area (Å²) < 4.78 is 19.9. The summed E-state index contributed by atoms with van der Waals surface area (Å²) in [7, 11) is 0. The van der Waals surface area contributed by atoms with Crippen LogP contribution in [0.3, 0.4) is 0 Å². The molecule has 0 aliphatic carbocycles. The monoisotopic (exact) mass is 412 g/mol. The molecule has 1 aromatic rings. The molecule has 5 nitrogen and oxygen atoms in total. The van der Waals surface area contributed by atoms with Gasteiger partial charge in [-0.05, 0) is 38.3 Å². The van der Waals surface area contributed by atoms with Crippen LogP contribution in [0, 0.1) is 0 Å². The van der Waals surface area contributed by atoms with Crippen LogP contribution in [-0.4, -0.2) is 49.4 Å². The zero-order valence-corrected chi connectivity index (χ0v) is 15.0. The van der Waals surface area contributed by atoms with Crippen molar-refractivity contribution in [1.82, 2.24) is 9.78 Å². The number of rotatable bonds is 12. The van der Waals surface area contributed by atoms with E-state index in [4.69, 9.17) is 14.2 Å². The fourth-order valence-electron chi connectivity index (χ4n) is 1.46. The Hall–Kier alpha value is 0.0500. The number of hydrogen-bond acceptors (Lipinski definition) is 4. The van der Waals surface area contributed by atoms with Crippen LogP contribution >= 0.6 is 31.9 Å². The second kappa shape index (κ2) is 11.7. The summed E-state index contributed by atoms with van der Waals surface area (Å²) in [4.78, 5) is 0. The van der Waals surface area contributed by atoms with Crippen molar-refractivity contribution in [3.8, 4) is 0 Å². The molecule has 0 radical (unpaired) electrons. The predicted octanol–water partition coefficient (Wildman–Crippen LogP) is 3.26. The second-order valence-electron chi connectivity index (χ2n) is 4.20. The molecule has 0 aliphatic rings. The fraction of sp³-hybridized carbons (Fsp3) is 0.769. The Kier molecular flexibility index (Phi) is 10.6. The zero-order chi connectivity index (χ0) is 14.6. The maximum absolute atomic E-state index is 5.48. The lowest BCUT2D eigenvalue weighted by molar-refractivity contribution is 0.0123. The van der Waals surface area contributed by atoms with Crippen LogP contribution in [0.1, 0.15) is 19.8 Å². The van der Waals surface area contributed by atoms with E-state index in [1.165, 1.54) is 0 Å². The second-order valence-corrected chi connectivity index (χ2v) is 5.83. The molecule has 0 amide bonds. The van der Waals surface area contributed by atoms with E-state index in [1.54, 1.807) is 0 Å². The molecule has 1 rings (SSSR count). The number of nitrogens with zero attached hydrogens (tertiary/aromatic N) is 2. The van der Waals surface area contributed by atoms with Gasteiger partial charge in [0.25, 0.3) is 0 Å². The van der Waals surface area contributed by atoms with E-state index in [9.17, 15) is 0 Å². The van der Waals surface area contributed by atoms with Crippen LogP contribution in [0.2, 0.25) is 0 Å². The minimum Gasteiger partial charge on any atom is -0.379 e.